The Hall–Kier alpha value is -3.07. The van der Waals surface area contributed by atoms with Crippen LogP contribution in [-0.2, 0) is 11.3 Å². The van der Waals surface area contributed by atoms with Gasteiger partial charge < -0.3 is 14.2 Å². The Kier molecular flexibility index (Phi) is 5.62. The fourth-order valence-corrected chi connectivity index (χ4v) is 3.73. The van der Waals surface area contributed by atoms with Gasteiger partial charge in [-0.05, 0) is 53.2 Å². The van der Waals surface area contributed by atoms with Crippen LogP contribution in [0.25, 0.3) is 11.4 Å². The Bertz CT molecular complexity index is 1110. The first-order valence-electron chi connectivity index (χ1n) is 10.5. The molecule has 0 N–H and O–H groups in total. The minimum Gasteiger partial charge on any atom is -0.371 e. The molecule has 31 heavy (non-hydrogen) atoms. The molecule has 0 saturated carbocycles. The van der Waals surface area contributed by atoms with Gasteiger partial charge in [-0.25, -0.2) is 4.68 Å². The van der Waals surface area contributed by atoms with Gasteiger partial charge in [-0.15, -0.1) is 5.10 Å². The maximum Gasteiger partial charge on any atom is 0.269 e. The van der Waals surface area contributed by atoms with Crippen molar-refractivity contribution in [1.82, 2.24) is 25.1 Å². The average Bonchev–Trinajstić information content (AvgIpc) is 3.30. The van der Waals surface area contributed by atoms with E-state index in [0.29, 0.717) is 17.1 Å². The molecule has 1 saturated heterocycles. The lowest BCUT2D eigenvalue weighted by molar-refractivity contribution is -0.0492. The zero-order chi connectivity index (χ0) is 22.2. The predicted octanol–water partition coefficient (Wildman–Crippen LogP) is 2.75. The number of nitrogens with zero attached hydrogens (tertiary/aromatic N) is 6. The van der Waals surface area contributed by atoms with Crippen molar-refractivity contribution in [2.75, 3.05) is 18.0 Å². The summed E-state index contributed by atoms with van der Waals surface area (Å²) in [4.78, 5) is 14.9. The van der Waals surface area contributed by atoms with Crippen molar-refractivity contribution < 1.29 is 9.26 Å². The van der Waals surface area contributed by atoms with Gasteiger partial charge in [0.15, 0.2) is 0 Å². The van der Waals surface area contributed by atoms with E-state index in [4.69, 9.17) is 9.26 Å². The molecule has 1 aliphatic heterocycles. The Balaban J connectivity index is 1.52. The highest BCUT2D eigenvalue weighted by molar-refractivity contribution is 5.58. The van der Waals surface area contributed by atoms with E-state index in [-0.39, 0.29) is 23.8 Å². The van der Waals surface area contributed by atoms with Gasteiger partial charge in [-0.1, -0.05) is 5.16 Å². The lowest BCUT2D eigenvalue weighted by Gasteiger charge is -2.25. The number of hydrogen-bond acceptors (Lipinski definition) is 8. The van der Waals surface area contributed by atoms with Gasteiger partial charge >= 0.3 is 0 Å². The molecular weight excluding hydrogens is 396 g/mol. The molecule has 3 aromatic rings. The summed E-state index contributed by atoms with van der Waals surface area (Å²) < 4.78 is 12.9. The molecule has 164 valence electrons. The number of aromatic nitrogens is 5. The van der Waals surface area contributed by atoms with Crippen molar-refractivity contribution in [3.05, 3.63) is 51.8 Å². The molecule has 4 heterocycles. The van der Waals surface area contributed by atoms with Crippen LogP contribution in [0.4, 0.5) is 5.69 Å². The summed E-state index contributed by atoms with van der Waals surface area (Å²) in [6, 6.07) is 5.33. The van der Waals surface area contributed by atoms with Gasteiger partial charge in [0.1, 0.15) is 17.1 Å². The van der Waals surface area contributed by atoms with Crippen LogP contribution in [0.1, 0.15) is 44.2 Å². The fraction of sp³-hybridized carbons (Fsp3) is 0.500. The Labute approximate surface area is 181 Å². The van der Waals surface area contributed by atoms with E-state index in [1.54, 1.807) is 12.3 Å². The molecule has 0 spiro atoms. The molecule has 0 aromatic carbocycles. The van der Waals surface area contributed by atoms with Gasteiger partial charge in [-0.3, -0.25) is 4.79 Å². The number of ether oxygens (including phenoxy) is 1. The Morgan fingerprint density at radius 3 is 2.71 bits per heavy atom. The van der Waals surface area contributed by atoms with E-state index in [1.165, 1.54) is 4.68 Å². The van der Waals surface area contributed by atoms with Crippen molar-refractivity contribution in [3.8, 4) is 11.4 Å². The van der Waals surface area contributed by atoms with Crippen molar-refractivity contribution in [2.45, 2.75) is 59.3 Å². The SMILES string of the molecule is Cc1ccc(-c2noc(C)c2Cn2ncc(N3CC[C@@H](OC(C)(C)C)C3)cc2=O)nn1. The quantitative estimate of drug-likeness (QED) is 0.616. The van der Waals surface area contributed by atoms with Crippen molar-refractivity contribution in [2.24, 2.45) is 0 Å². The van der Waals surface area contributed by atoms with Crippen LogP contribution in [0.15, 0.2) is 33.7 Å². The van der Waals surface area contributed by atoms with Crippen LogP contribution in [0.3, 0.4) is 0 Å². The van der Waals surface area contributed by atoms with Crippen molar-refractivity contribution in [3.63, 3.8) is 0 Å². The van der Waals surface area contributed by atoms with Gasteiger partial charge in [0.25, 0.3) is 5.56 Å². The summed E-state index contributed by atoms with van der Waals surface area (Å²) in [7, 11) is 0. The topological polar surface area (TPSA) is 99.2 Å². The third kappa shape index (κ3) is 4.82. The smallest absolute Gasteiger partial charge is 0.269 e. The van der Waals surface area contributed by atoms with Gasteiger partial charge in [0.2, 0.25) is 0 Å². The molecule has 4 rings (SSSR count). The molecule has 0 amide bonds. The van der Waals surface area contributed by atoms with Crippen LogP contribution in [0.5, 0.6) is 0 Å². The van der Waals surface area contributed by atoms with Crippen LogP contribution in [0.2, 0.25) is 0 Å². The number of rotatable bonds is 5. The van der Waals surface area contributed by atoms with Gasteiger partial charge in [0, 0.05) is 24.7 Å². The zero-order valence-corrected chi connectivity index (χ0v) is 18.6. The lowest BCUT2D eigenvalue weighted by Crippen LogP contribution is -2.31. The maximum atomic E-state index is 12.8. The highest BCUT2D eigenvalue weighted by Gasteiger charge is 2.28. The molecule has 9 heteroatoms. The molecule has 9 nitrogen and oxygen atoms in total. The van der Waals surface area contributed by atoms with E-state index in [0.717, 1.165) is 36.5 Å². The number of hydrogen-bond donors (Lipinski definition) is 0. The summed E-state index contributed by atoms with van der Waals surface area (Å²) >= 11 is 0. The molecule has 0 radical (unpaired) electrons. The first kappa shape index (κ1) is 21.2. The summed E-state index contributed by atoms with van der Waals surface area (Å²) in [5.74, 6) is 0.622. The Morgan fingerprint density at radius 1 is 1.23 bits per heavy atom. The molecule has 1 aliphatic rings. The third-order valence-electron chi connectivity index (χ3n) is 5.22. The van der Waals surface area contributed by atoms with E-state index in [1.807, 2.05) is 26.0 Å². The van der Waals surface area contributed by atoms with Gasteiger partial charge in [-0.2, -0.15) is 10.2 Å². The van der Waals surface area contributed by atoms with E-state index in [2.05, 4.69) is 46.1 Å². The van der Waals surface area contributed by atoms with E-state index in [9.17, 15) is 4.79 Å². The van der Waals surface area contributed by atoms with E-state index < -0.39 is 0 Å². The Morgan fingerprint density at radius 2 is 2.03 bits per heavy atom. The van der Waals surface area contributed by atoms with Gasteiger partial charge in [0.05, 0.1) is 35.8 Å². The van der Waals surface area contributed by atoms with Crippen LogP contribution >= 0.6 is 0 Å². The summed E-state index contributed by atoms with van der Waals surface area (Å²) in [5, 5.41) is 16.8. The average molecular weight is 425 g/mol. The van der Waals surface area contributed by atoms with Crippen LogP contribution < -0.4 is 10.5 Å². The van der Waals surface area contributed by atoms with Crippen LogP contribution in [-0.4, -0.2) is 49.9 Å². The molecule has 0 aliphatic carbocycles. The van der Waals surface area contributed by atoms with Crippen molar-refractivity contribution >= 4 is 5.69 Å². The molecule has 0 bridgehead atoms. The first-order chi connectivity index (χ1) is 14.7. The summed E-state index contributed by atoms with van der Waals surface area (Å²) in [6.45, 7) is 11.7. The molecule has 1 fully saturated rings. The highest BCUT2D eigenvalue weighted by atomic mass is 16.5. The van der Waals surface area contributed by atoms with Crippen molar-refractivity contribution in [1.29, 1.82) is 0 Å². The normalized spacial score (nSPS) is 16.8. The zero-order valence-electron chi connectivity index (χ0n) is 18.6. The standard InChI is InChI=1S/C22H28N6O3/c1-14-6-7-19(25-24-14)21-18(15(2)31-26-21)13-28-20(29)10-16(11-23-28)27-9-8-17(12-27)30-22(3,4)5/h6-7,10-11,17H,8-9,12-13H2,1-5H3/t17-/m1/s1. The summed E-state index contributed by atoms with van der Waals surface area (Å²) in [6.07, 6.45) is 2.82. The third-order valence-corrected chi connectivity index (χ3v) is 5.22. The predicted molar refractivity (Wildman–Crippen MR) is 116 cm³/mol. The molecular formula is C22H28N6O3. The highest BCUT2D eigenvalue weighted by Crippen LogP contribution is 2.25. The minimum absolute atomic E-state index is 0.153. The molecule has 1 atom stereocenters. The lowest BCUT2D eigenvalue weighted by atomic mass is 10.1. The monoisotopic (exact) mass is 424 g/mol. The minimum atomic E-state index is -0.182. The number of aryl methyl sites for hydroxylation is 2. The van der Waals surface area contributed by atoms with E-state index >= 15 is 0 Å². The largest absolute Gasteiger partial charge is 0.371 e. The summed E-state index contributed by atoms with van der Waals surface area (Å²) in [5.41, 5.74) is 3.20. The number of anilines is 1. The second-order valence-electron chi connectivity index (χ2n) is 8.92. The fourth-order valence-electron chi connectivity index (χ4n) is 3.73. The second kappa shape index (κ2) is 8.22. The maximum absolute atomic E-state index is 12.8. The first-order valence-corrected chi connectivity index (χ1v) is 10.5. The molecule has 3 aromatic heterocycles. The van der Waals surface area contributed by atoms with Crippen LogP contribution in [0, 0.1) is 13.8 Å². The second-order valence-corrected chi connectivity index (χ2v) is 8.92. The molecule has 0 unspecified atom stereocenters.